The van der Waals surface area contributed by atoms with Crippen LogP contribution in [0.25, 0.3) is 0 Å². The first-order chi connectivity index (χ1) is 9.62. The Balaban J connectivity index is 0.00000400. The number of rotatable bonds is 8. The number of carbonyl (C=O) groups is 2. The van der Waals surface area contributed by atoms with Crippen molar-refractivity contribution in [2.24, 2.45) is 11.1 Å². The molecule has 2 amide bonds. The van der Waals surface area contributed by atoms with E-state index >= 15 is 0 Å². The van der Waals surface area contributed by atoms with Gasteiger partial charge in [0, 0.05) is 25.9 Å². The second-order valence-corrected chi connectivity index (χ2v) is 5.89. The molecule has 0 spiro atoms. The first-order valence-electron chi connectivity index (χ1n) is 7.85. The summed E-state index contributed by atoms with van der Waals surface area (Å²) in [5.41, 5.74) is 5.87. The van der Waals surface area contributed by atoms with E-state index in [-0.39, 0.29) is 29.6 Å². The zero-order valence-corrected chi connectivity index (χ0v) is 13.9. The molecule has 1 saturated carbocycles. The Morgan fingerprint density at radius 3 is 2.24 bits per heavy atom. The molecule has 0 aromatic heterocycles. The van der Waals surface area contributed by atoms with Gasteiger partial charge in [0.05, 0.1) is 0 Å². The minimum absolute atomic E-state index is 0. The van der Waals surface area contributed by atoms with Gasteiger partial charge in [-0.15, -0.1) is 12.4 Å². The molecule has 1 aliphatic rings. The second kappa shape index (κ2) is 10.9. The van der Waals surface area contributed by atoms with E-state index in [1.165, 1.54) is 19.3 Å². The lowest BCUT2D eigenvalue weighted by molar-refractivity contribution is -0.124. The van der Waals surface area contributed by atoms with Crippen molar-refractivity contribution >= 4 is 24.2 Å². The molecule has 1 fully saturated rings. The van der Waals surface area contributed by atoms with E-state index in [0.29, 0.717) is 32.5 Å². The fourth-order valence-electron chi connectivity index (χ4n) is 2.83. The Bertz CT molecular complexity index is 318. The number of nitrogens with one attached hydrogen (secondary N) is 2. The van der Waals surface area contributed by atoms with Gasteiger partial charge in [0.15, 0.2) is 0 Å². The largest absolute Gasteiger partial charge is 0.356 e. The van der Waals surface area contributed by atoms with Gasteiger partial charge >= 0.3 is 0 Å². The number of amides is 2. The monoisotopic (exact) mass is 319 g/mol. The van der Waals surface area contributed by atoms with E-state index in [4.69, 9.17) is 5.73 Å². The normalized spacial score (nSPS) is 16.7. The summed E-state index contributed by atoms with van der Waals surface area (Å²) in [6.45, 7) is 3.70. The highest BCUT2D eigenvalue weighted by atomic mass is 35.5. The van der Waals surface area contributed by atoms with E-state index in [0.717, 1.165) is 19.3 Å². The SMILES string of the molecule is CCCNC(=O)CCNC(=O)CC1(CN)CCCCC1.Cl. The van der Waals surface area contributed by atoms with Crippen molar-refractivity contribution in [3.05, 3.63) is 0 Å². The third-order valence-electron chi connectivity index (χ3n) is 4.13. The molecule has 0 unspecified atom stereocenters. The summed E-state index contributed by atoms with van der Waals surface area (Å²) in [6.07, 6.45) is 7.47. The van der Waals surface area contributed by atoms with Crippen LogP contribution in [0.3, 0.4) is 0 Å². The molecule has 0 saturated heterocycles. The lowest BCUT2D eigenvalue weighted by Gasteiger charge is -2.35. The van der Waals surface area contributed by atoms with E-state index in [1.807, 2.05) is 6.92 Å². The Hall–Kier alpha value is -0.810. The van der Waals surface area contributed by atoms with Gasteiger partial charge < -0.3 is 16.4 Å². The molecule has 4 N–H and O–H groups in total. The molecule has 0 aromatic carbocycles. The van der Waals surface area contributed by atoms with Crippen molar-refractivity contribution in [1.29, 1.82) is 0 Å². The minimum atomic E-state index is -0.00714. The van der Waals surface area contributed by atoms with Gasteiger partial charge in [0.2, 0.25) is 11.8 Å². The smallest absolute Gasteiger partial charge is 0.221 e. The van der Waals surface area contributed by atoms with Crippen LogP contribution in [0, 0.1) is 5.41 Å². The van der Waals surface area contributed by atoms with E-state index in [2.05, 4.69) is 10.6 Å². The fraction of sp³-hybridized carbons (Fsp3) is 0.867. The van der Waals surface area contributed by atoms with Gasteiger partial charge in [-0.25, -0.2) is 0 Å². The zero-order valence-electron chi connectivity index (χ0n) is 13.1. The van der Waals surface area contributed by atoms with Crippen molar-refractivity contribution in [3.8, 4) is 0 Å². The van der Waals surface area contributed by atoms with Crippen LogP contribution in [0.5, 0.6) is 0 Å². The van der Waals surface area contributed by atoms with Gasteiger partial charge in [0.1, 0.15) is 0 Å². The number of carbonyl (C=O) groups excluding carboxylic acids is 2. The molecule has 0 atom stereocenters. The standard InChI is InChI=1S/C15H29N3O2.ClH/c1-2-9-17-13(19)6-10-18-14(20)11-15(12-16)7-4-3-5-8-15;/h2-12,16H2,1H3,(H,17,19)(H,18,20);1H. The highest BCUT2D eigenvalue weighted by Crippen LogP contribution is 2.38. The van der Waals surface area contributed by atoms with Crippen LogP contribution in [-0.4, -0.2) is 31.4 Å². The van der Waals surface area contributed by atoms with Gasteiger partial charge in [0.25, 0.3) is 0 Å². The number of nitrogens with two attached hydrogens (primary N) is 1. The van der Waals surface area contributed by atoms with Crippen molar-refractivity contribution in [3.63, 3.8) is 0 Å². The predicted octanol–water partition coefficient (Wildman–Crippen LogP) is 1.74. The number of halogens is 1. The number of hydrogen-bond donors (Lipinski definition) is 3. The van der Waals surface area contributed by atoms with Gasteiger partial charge in [-0.1, -0.05) is 26.2 Å². The van der Waals surface area contributed by atoms with Crippen molar-refractivity contribution in [1.82, 2.24) is 10.6 Å². The predicted molar refractivity (Wildman–Crippen MR) is 87.4 cm³/mol. The molecular weight excluding hydrogens is 290 g/mol. The maximum absolute atomic E-state index is 12.0. The molecule has 0 radical (unpaired) electrons. The maximum Gasteiger partial charge on any atom is 0.221 e. The van der Waals surface area contributed by atoms with Crippen LogP contribution >= 0.6 is 12.4 Å². The molecule has 21 heavy (non-hydrogen) atoms. The molecule has 0 heterocycles. The average molecular weight is 320 g/mol. The third kappa shape index (κ3) is 7.67. The Morgan fingerprint density at radius 1 is 1.05 bits per heavy atom. The van der Waals surface area contributed by atoms with Crippen molar-refractivity contribution in [2.75, 3.05) is 19.6 Å². The second-order valence-electron chi connectivity index (χ2n) is 5.89. The zero-order chi connectivity index (χ0) is 14.8. The summed E-state index contributed by atoms with van der Waals surface area (Å²) in [5.74, 6) is 0.0268. The minimum Gasteiger partial charge on any atom is -0.356 e. The van der Waals surface area contributed by atoms with Crippen LogP contribution in [-0.2, 0) is 9.59 Å². The van der Waals surface area contributed by atoms with Gasteiger partial charge in [-0.05, 0) is 31.2 Å². The van der Waals surface area contributed by atoms with Crippen LogP contribution in [0.4, 0.5) is 0 Å². The molecule has 0 bridgehead atoms. The summed E-state index contributed by atoms with van der Waals surface area (Å²) in [5, 5.41) is 5.64. The molecule has 124 valence electrons. The van der Waals surface area contributed by atoms with Crippen LogP contribution < -0.4 is 16.4 Å². The quantitative estimate of drug-likeness (QED) is 0.637. The van der Waals surface area contributed by atoms with Crippen LogP contribution in [0.2, 0.25) is 0 Å². The van der Waals surface area contributed by atoms with E-state index in [9.17, 15) is 9.59 Å². The first kappa shape index (κ1) is 20.2. The fourth-order valence-corrected chi connectivity index (χ4v) is 2.83. The van der Waals surface area contributed by atoms with Gasteiger partial charge in [-0.2, -0.15) is 0 Å². The lowest BCUT2D eigenvalue weighted by Crippen LogP contribution is -2.39. The van der Waals surface area contributed by atoms with Crippen LogP contribution in [0.15, 0.2) is 0 Å². The number of hydrogen-bond acceptors (Lipinski definition) is 3. The van der Waals surface area contributed by atoms with E-state index in [1.54, 1.807) is 0 Å². The molecule has 5 nitrogen and oxygen atoms in total. The summed E-state index contributed by atoms with van der Waals surface area (Å²) < 4.78 is 0. The molecule has 0 aromatic rings. The third-order valence-corrected chi connectivity index (χ3v) is 4.13. The Morgan fingerprint density at radius 2 is 1.67 bits per heavy atom. The summed E-state index contributed by atoms with van der Waals surface area (Å²) in [7, 11) is 0. The molecule has 1 rings (SSSR count). The highest BCUT2D eigenvalue weighted by molar-refractivity contribution is 5.85. The molecular formula is C15H30ClN3O2. The Labute approximate surface area is 134 Å². The maximum atomic E-state index is 12.0. The molecule has 1 aliphatic carbocycles. The summed E-state index contributed by atoms with van der Waals surface area (Å²) >= 11 is 0. The summed E-state index contributed by atoms with van der Waals surface area (Å²) in [6, 6.07) is 0. The van der Waals surface area contributed by atoms with Crippen LogP contribution in [0.1, 0.15) is 58.3 Å². The van der Waals surface area contributed by atoms with Crippen molar-refractivity contribution < 1.29 is 9.59 Å². The highest BCUT2D eigenvalue weighted by Gasteiger charge is 2.32. The Kier molecular flexibility index (Phi) is 10.4. The lowest BCUT2D eigenvalue weighted by atomic mass is 9.71. The average Bonchev–Trinajstić information content (AvgIpc) is 2.46. The van der Waals surface area contributed by atoms with E-state index < -0.39 is 0 Å². The first-order valence-corrected chi connectivity index (χ1v) is 7.85. The summed E-state index contributed by atoms with van der Waals surface area (Å²) in [4.78, 5) is 23.4. The van der Waals surface area contributed by atoms with Gasteiger partial charge in [-0.3, -0.25) is 9.59 Å². The van der Waals surface area contributed by atoms with Crippen molar-refractivity contribution in [2.45, 2.75) is 58.3 Å². The topological polar surface area (TPSA) is 84.2 Å². The molecule has 0 aliphatic heterocycles. The molecule has 6 heteroatoms.